The van der Waals surface area contributed by atoms with Crippen LogP contribution in [-0.2, 0) is 14.9 Å². The van der Waals surface area contributed by atoms with Crippen LogP contribution in [0.5, 0.6) is 0 Å². The number of ether oxygens (including phenoxy) is 1. The Labute approximate surface area is 122 Å². The molecule has 0 bridgehead atoms. The zero-order valence-electron chi connectivity index (χ0n) is 13.1. The minimum Gasteiger partial charge on any atom is -0.466 e. The largest absolute Gasteiger partial charge is 0.466 e. The van der Waals surface area contributed by atoms with Crippen LogP contribution < -0.4 is 5.73 Å². The van der Waals surface area contributed by atoms with Crippen molar-refractivity contribution in [1.82, 2.24) is 0 Å². The van der Waals surface area contributed by atoms with Gasteiger partial charge in [-0.3, -0.25) is 4.79 Å². The van der Waals surface area contributed by atoms with Crippen LogP contribution in [0.25, 0.3) is 0 Å². The molecule has 0 spiro atoms. The molecule has 0 aromatic heterocycles. The molecule has 0 fully saturated rings. The Morgan fingerprint density at radius 1 is 1.25 bits per heavy atom. The summed E-state index contributed by atoms with van der Waals surface area (Å²) in [5, 5.41) is 0. The van der Waals surface area contributed by atoms with E-state index in [0.29, 0.717) is 19.4 Å². The first kappa shape index (κ1) is 16.7. The van der Waals surface area contributed by atoms with E-state index in [4.69, 9.17) is 10.5 Å². The highest BCUT2D eigenvalue weighted by atomic mass is 16.5. The molecular formula is C17H27NO2. The standard InChI is InChI=1S/C17H27NO2/c1-5-17(3,4)14-9-7-13(8-10-14)15(18)11-12-16(19)20-6-2/h7-10,15H,5-6,11-12,18H2,1-4H3. The summed E-state index contributed by atoms with van der Waals surface area (Å²) in [4.78, 5) is 11.3. The predicted molar refractivity (Wildman–Crippen MR) is 82.6 cm³/mol. The number of nitrogens with two attached hydrogens (primary N) is 1. The van der Waals surface area contributed by atoms with E-state index in [1.165, 1.54) is 5.56 Å². The summed E-state index contributed by atoms with van der Waals surface area (Å²) < 4.78 is 4.91. The van der Waals surface area contributed by atoms with Gasteiger partial charge in [-0.25, -0.2) is 0 Å². The highest BCUT2D eigenvalue weighted by Crippen LogP contribution is 2.28. The molecule has 0 heterocycles. The minimum atomic E-state index is -0.174. The lowest BCUT2D eigenvalue weighted by Crippen LogP contribution is -2.17. The monoisotopic (exact) mass is 277 g/mol. The van der Waals surface area contributed by atoms with E-state index in [0.717, 1.165) is 12.0 Å². The van der Waals surface area contributed by atoms with Gasteiger partial charge in [0.1, 0.15) is 0 Å². The molecule has 1 aromatic rings. The lowest BCUT2D eigenvalue weighted by Gasteiger charge is -2.24. The topological polar surface area (TPSA) is 52.3 Å². The molecule has 2 N–H and O–H groups in total. The van der Waals surface area contributed by atoms with Crippen molar-refractivity contribution >= 4 is 5.97 Å². The lowest BCUT2D eigenvalue weighted by atomic mass is 9.81. The molecule has 1 unspecified atom stereocenters. The summed E-state index contributed by atoms with van der Waals surface area (Å²) >= 11 is 0. The van der Waals surface area contributed by atoms with Crippen molar-refractivity contribution < 1.29 is 9.53 Å². The summed E-state index contributed by atoms with van der Waals surface area (Å²) in [6, 6.07) is 8.32. The van der Waals surface area contributed by atoms with Gasteiger partial charge in [-0.2, -0.15) is 0 Å². The molecular weight excluding hydrogens is 250 g/mol. The number of benzene rings is 1. The number of hydrogen-bond acceptors (Lipinski definition) is 3. The van der Waals surface area contributed by atoms with Gasteiger partial charge in [-0.05, 0) is 36.3 Å². The Balaban J connectivity index is 2.62. The van der Waals surface area contributed by atoms with Crippen LogP contribution in [0.4, 0.5) is 0 Å². The zero-order valence-corrected chi connectivity index (χ0v) is 13.1. The number of rotatable bonds is 7. The molecule has 0 aliphatic carbocycles. The van der Waals surface area contributed by atoms with Crippen LogP contribution in [0.2, 0.25) is 0 Å². The second kappa shape index (κ2) is 7.44. The van der Waals surface area contributed by atoms with Gasteiger partial charge >= 0.3 is 5.97 Å². The Morgan fingerprint density at radius 3 is 2.35 bits per heavy atom. The van der Waals surface area contributed by atoms with Gasteiger partial charge in [0.2, 0.25) is 0 Å². The SMILES string of the molecule is CCOC(=O)CCC(N)c1ccc(C(C)(C)CC)cc1. The molecule has 20 heavy (non-hydrogen) atoms. The molecule has 0 aliphatic heterocycles. The van der Waals surface area contributed by atoms with Crippen LogP contribution in [0, 0.1) is 0 Å². The molecule has 0 saturated carbocycles. The van der Waals surface area contributed by atoms with Gasteiger partial charge in [0.25, 0.3) is 0 Å². The summed E-state index contributed by atoms with van der Waals surface area (Å²) in [7, 11) is 0. The number of hydrogen-bond donors (Lipinski definition) is 1. The Hall–Kier alpha value is -1.35. The molecule has 1 atom stereocenters. The van der Waals surface area contributed by atoms with E-state index in [9.17, 15) is 4.79 Å². The summed E-state index contributed by atoms with van der Waals surface area (Å²) in [6.07, 6.45) is 2.09. The number of carbonyl (C=O) groups excluding carboxylic acids is 1. The van der Waals surface area contributed by atoms with Crippen LogP contribution in [-0.4, -0.2) is 12.6 Å². The summed E-state index contributed by atoms with van der Waals surface area (Å²) in [6.45, 7) is 8.91. The Kier molecular flexibility index (Phi) is 6.21. The Bertz CT molecular complexity index is 423. The first-order valence-corrected chi connectivity index (χ1v) is 7.42. The van der Waals surface area contributed by atoms with Gasteiger partial charge in [-0.1, -0.05) is 45.0 Å². The molecule has 0 amide bonds. The summed E-state index contributed by atoms with van der Waals surface area (Å²) in [5.41, 5.74) is 8.71. The first-order valence-electron chi connectivity index (χ1n) is 7.42. The van der Waals surface area contributed by atoms with Crippen molar-refractivity contribution in [1.29, 1.82) is 0 Å². The van der Waals surface area contributed by atoms with Gasteiger partial charge < -0.3 is 10.5 Å². The average molecular weight is 277 g/mol. The maximum Gasteiger partial charge on any atom is 0.305 e. The zero-order chi connectivity index (χ0) is 15.2. The van der Waals surface area contributed by atoms with Crippen LogP contribution in [0.3, 0.4) is 0 Å². The van der Waals surface area contributed by atoms with Crippen molar-refractivity contribution in [3.05, 3.63) is 35.4 Å². The van der Waals surface area contributed by atoms with Crippen molar-refractivity contribution in [3.63, 3.8) is 0 Å². The summed E-state index contributed by atoms with van der Waals surface area (Å²) in [5.74, 6) is -0.174. The molecule has 3 heteroatoms. The van der Waals surface area contributed by atoms with E-state index in [1.807, 2.05) is 6.92 Å². The van der Waals surface area contributed by atoms with E-state index in [1.54, 1.807) is 0 Å². The fourth-order valence-corrected chi connectivity index (χ4v) is 2.06. The molecule has 3 nitrogen and oxygen atoms in total. The second-order valence-corrected chi connectivity index (χ2v) is 5.81. The van der Waals surface area contributed by atoms with Crippen LogP contribution in [0.15, 0.2) is 24.3 Å². The smallest absolute Gasteiger partial charge is 0.305 e. The van der Waals surface area contributed by atoms with E-state index < -0.39 is 0 Å². The minimum absolute atomic E-state index is 0.113. The average Bonchev–Trinajstić information content (AvgIpc) is 2.45. The quantitative estimate of drug-likeness (QED) is 0.773. The van der Waals surface area contributed by atoms with Crippen LogP contribution in [0.1, 0.15) is 64.1 Å². The molecule has 0 radical (unpaired) electrons. The van der Waals surface area contributed by atoms with E-state index in [2.05, 4.69) is 45.0 Å². The third-order valence-electron chi connectivity index (χ3n) is 3.97. The van der Waals surface area contributed by atoms with Crippen molar-refractivity contribution in [2.45, 2.75) is 58.4 Å². The van der Waals surface area contributed by atoms with Crippen molar-refractivity contribution in [2.24, 2.45) is 5.73 Å². The van der Waals surface area contributed by atoms with Crippen molar-refractivity contribution in [2.75, 3.05) is 6.61 Å². The molecule has 112 valence electrons. The Morgan fingerprint density at radius 2 is 1.85 bits per heavy atom. The highest BCUT2D eigenvalue weighted by molar-refractivity contribution is 5.69. The molecule has 1 aromatic carbocycles. The normalized spacial score (nSPS) is 13.1. The van der Waals surface area contributed by atoms with Gasteiger partial charge in [-0.15, -0.1) is 0 Å². The lowest BCUT2D eigenvalue weighted by molar-refractivity contribution is -0.143. The third kappa shape index (κ3) is 4.64. The second-order valence-electron chi connectivity index (χ2n) is 5.81. The van der Waals surface area contributed by atoms with E-state index >= 15 is 0 Å². The van der Waals surface area contributed by atoms with Gasteiger partial charge in [0.15, 0.2) is 0 Å². The maximum atomic E-state index is 11.3. The fraction of sp³-hybridized carbons (Fsp3) is 0.588. The van der Waals surface area contributed by atoms with Gasteiger partial charge in [0, 0.05) is 12.5 Å². The fourth-order valence-electron chi connectivity index (χ4n) is 2.06. The van der Waals surface area contributed by atoms with Crippen LogP contribution >= 0.6 is 0 Å². The maximum absolute atomic E-state index is 11.3. The highest BCUT2D eigenvalue weighted by Gasteiger charge is 2.18. The molecule has 1 rings (SSSR count). The van der Waals surface area contributed by atoms with Gasteiger partial charge in [0.05, 0.1) is 6.61 Å². The number of esters is 1. The van der Waals surface area contributed by atoms with Crippen molar-refractivity contribution in [3.8, 4) is 0 Å². The number of carbonyl (C=O) groups is 1. The predicted octanol–water partition coefficient (Wildman–Crippen LogP) is 3.72. The first-order chi connectivity index (χ1) is 9.40. The van der Waals surface area contributed by atoms with E-state index in [-0.39, 0.29) is 17.4 Å². The molecule has 0 aliphatic rings. The third-order valence-corrected chi connectivity index (χ3v) is 3.97. The molecule has 0 saturated heterocycles.